The summed E-state index contributed by atoms with van der Waals surface area (Å²) in [7, 11) is 0. The first-order valence-corrected chi connectivity index (χ1v) is 7.85. The molecule has 0 saturated heterocycles. The van der Waals surface area contributed by atoms with Gasteiger partial charge in [0.25, 0.3) is 5.91 Å². The van der Waals surface area contributed by atoms with Gasteiger partial charge in [-0.3, -0.25) is 4.79 Å². The quantitative estimate of drug-likeness (QED) is 0.661. The van der Waals surface area contributed by atoms with Crippen molar-refractivity contribution in [2.24, 2.45) is 0 Å². The molecule has 5 nitrogen and oxygen atoms in total. The van der Waals surface area contributed by atoms with Crippen molar-refractivity contribution in [1.29, 1.82) is 0 Å². The Kier molecular flexibility index (Phi) is 5.41. The summed E-state index contributed by atoms with van der Waals surface area (Å²) in [6.45, 7) is 3.46. The Balaban J connectivity index is 1.89. The highest BCUT2D eigenvalue weighted by Crippen LogP contribution is 2.18. The average Bonchev–Trinajstić information content (AvgIpc) is 2.50. The lowest BCUT2D eigenvalue weighted by Crippen LogP contribution is -2.42. The van der Waals surface area contributed by atoms with Crippen molar-refractivity contribution in [2.75, 3.05) is 5.73 Å². The van der Waals surface area contributed by atoms with Gasteiger partial charge in [-0.25, -0.2) is 4.79 Å². The van der Waals surface area contributed by atoms with Gasteiger partial charge in [0.2, 0.25) is 0 Å². The van der Waals surface area contributed by atoms with Crippen molar-refractivity contribution in [3.63, 3.8) is 0 Å². The average molecular weight is 304 g/mol. The van der Waals surface area contributed by atoms with Crippen LogP contribution >= 0.6 is 0 Å². The van der Waals surface area contributed by atoms with Crippen LogP contribution in [0.25, 0.3) is 0 Å². The molecule has 0 aromatic heterocycles. The summed E-state index contributed by atoms with van der Waals surface area (Å²) in [5.74, 6) is -0.765. The second-order valence-corrected chi connectivity index (χ2v) is 5.96. The van der Waals surface area contributed by atoms with Gasteiger partial charge in [-0.05, 0) is 44.4 Å². The molecule has 1 saturated carbocycles. The van der Waals surface area contributed by atoms with Crippen LogP contribution in [0.15, 0.2) is 18.2 Å². The van der Waals surface area contributed by atoms with E-state index in [1.54, 1.807) is 25.1 Å². The minimum atomic E-state index is -0.808. The smallest absolute Gasteiger partial charge is 0.338 e. The number of carbonyl (C=O) groups is 2. The summed E-state index contributed by atoms with van der Waals surface area (Å²) in [5.41, 5.74) is 7.59. The van der Waals surface area contributed by atoms with E-state index >= 15 is 0 Å². The van der Waals surface area contributed by atoms with Crippen molar-refractivity contribution in [3.05, 3.63) is 29.3 Å². The number of nitrogens with one attached hydrogen (secondary N) is 1. The Hall–Kier alpha value is -2.04. The zero-order chi connectivity index (χ0) is 16.1. The highest BCUT2D eigenvalue weighted by molar-refractivity contribution is 5.93. The van der Waals surface area contributed by atoms with Crippen molar-refractivity contribution in [1.82, 2.24) is 5.32 Å². The van der Waals surface area contributed by atoms with Gasteiger partial charge in [-0.1, -0.05) is 25.3 Å². The standard InChI is InChI=1S/C17H24N2O3/c1-11-8-9-13(10-15(11)18)17(21)22-12(2)16(20)19-14-6-4-3-5-7-14/h8-10,12,14H,3-7,18H2,1-2H3,(H,19,20)/t12-/m1/s1. The zero-order valence-corrected chi connectivity index (χ0v) is 13.2. The minimum absolute atomic E-state index is 0.206. The fourth-order valence-corrected chi connectivity index (χ4v) is 2.62. The number of hydrogen-bond donors (Lipinski definition) is 2. The molecule has 0 spiro atoms. The Morgan fingerprint density at radius 1 is 1.27 bits per heavy atom. The molecule has 0 radical (unpaired) electrons. The molecule has 0 heterocycles. The van der Waals surface area contributed by atoms with Gasteiger partial charge in [0.1, 0.15) is 0 Å². The number of anilines is 1. The predicted octanol–water partition coefficient (Wildman–Crippen LogP) is 2.57. The number of amides is 1. The number of aryl methyl sites for hydroxylation is 1. The molecule has 1 amide bonds. The van der Waals surface area contributed by atoms with E-state index in [1.807, 2.05) is 6.92 Å². The van der Waals surface area contributed by atoms with Crippen LogP contribution in [0.5, 0.6) is 0 Å². The van der Waals surface area contributed by atoms with E-state index in [9.17, 15) is 9.59 Å². The monoisotopic (exact) mass is 304 g/mol. The second-order valence-electron chi connectivity index (χ2n) is 5.96. The summed E-state index contributed by atoms with van der Waals surface area (Å²) >= 11 is 0. The summed E-state index contributed by atoms with van der Waals surface area (Å²) in [5, 5.41) is 2.96. The Bertz CT molecular complexity index is 551. The number of benzene rings is 1. The number of hydrogen-bond acceptors (Lipinski definition) is 4. The van der Waals surface area contributed by atoms with E-state index in [0.717, 1.165) is 31.2 Å². The van der Waals surface area contributed by atoms with Crippen LogP contribution < -0.4 is 11.1 Å². The third-order valence-corrected chi connectivity index (χ3v) is 4.12. The van der Waals surface area contributed by atoms with Crippen molar-refractivity contribution < 1.29 is 14.3 Å². The molecule has 1 aromatic rings. The Labute approximate surface area is 131 Å². The summed E-state index contributed by atoms with van der Waals surface area (Å²) in [4.78, 5) is 24.1. The fraction of sp³-hybridized carbons (Fsp3) is 0.529. The molecule has 1 aromatic carbocycles. The maximum atomic E-state index is 12.1. The lowest BCUT2D eigenvalue weighted by Gasteiger charge is -2.24. The van der Waals surface area contributed by atoms with Crippen molar-refractivity contribution in [2.45, 2.75) is 58.1 Å². The molecule has 1 aliphatic carbocycles. The van der Waals surface area contributed by atoms with Crippen LogP contribution in [-0.4, -0.2) is 24.0 Å². The third kappa shape index (κ3) is 4.23. The Morgan fingerprint density at radius 2 is 1.95 bits per heavy atom. The normalized spacial score (nSPS) is 16.8. The van der Waals surface area contributed by atoms with E-state index in [1.165, 1.54) is 6.42 Å². The van der Waals surface area contributed by atoms with Crippen LogP contribution in [0.3, 0.4) is 0 Å². The van der Waals surface area contributed by atoms with Crippen molar-refractivity contribution >= 4 is 17.6 Å². The lowest BCUT2D eigenvalue weighted by molar-refractivity contribution is -0.130. The second kappa shape index (κ2) is 7.29. The molecular formula is C17H24N2O3. The first-order valence-electron chi connectivity index (χ1n) is 7.85. The number of ether oxygens (including phenoxy) is 1. The third-order valence-electron chi connectivity index (χ3n) is 4.12. The summed E-state index contributed by atoms with van der Waals surface area (Å²) in [6.07, 6.45) is 4.70. The molecule has 0 bridgehead atoms. The highest BCUT2D eigenvalue weighted by Gasteiger charge is 2.22. The molecule has 2 rings (SSSR count). The number of nitrogens with two attached hydrogens (primary N) is 1. The van der Waals surface area contributed by atoms with Crippen LogP contribution in [0.4, 0.5) is 5.69 Å². The summed E-state index contributed by atoms with van der Waals surface area (Å²) < 4.78 is 5.23. The number of esters is 1. The van der Waals surface area contributed by atoms with Crippen LogP contribution in [-0.2, 0) is 9.53 Å². The SMILES string of the molecule is Cc1ccc(C(=O)O[C@H](C)C(=O)NC2CCCCC2)cc1N. The minimum Gasteiger partial charge on any atom is -0.449 e. The van der Waals surface area contributed by atoms with Gasteiger partial charge < -0.3 is 15.8 Å². The number of nitrogen functional groups attached to an aromatic ring is 1. The number of rotatable bonds is 4. The Morgan fingerprint density at radius 3 is 2.59 bits per heavy atom. The van der Waals surface area contributed by atoms with Crippen molar-refractivity contribution in [3.8, 4) is 0 Å². The molecular weight excluding hydrogens is 280 g/mol. The van der Waals surface area contributed by atoms with E-state index in [0.29, 0.717) is 11.3 Å². The van der Waals surface area contributed by atoms with E-state index in [-0.39, 0.29) is 11.9 Å². The lowest BCUT2D eigenvalue weighted by atomic mass is 9.95. The van der Waals surface area contributed by atoms with Crippen LogP contribution in [0, 0.1) is 6.92 Å². The van der Waals surface area contributed by atoms with Crippen LogP contribution in [0.1, 0.15) is 54.9 Å². The first-order chi connectivity index (χ1) is 10.5. The van der Waals surface area contributed by atoms with Gasteiger partial charge in [-0.2, -0.15) is 0 Å². The number of carbonyl (C=O) groups excluding carboxylic acids is 2. The van der Waals surface area contributed by atoms with Gasteiger partial charge in [-0.15, -0.1) is 0 Å². The topological polar surface area (TPSA) is 81.4 Å². The van der Waals surface area contributed by atoms with E-state index < -0.39 is 12.1 Å². The molecule has 1 aliphatic rings. The highest BCUT2D eigenvalue weighted by atomic mass is 16.5. The molecule has 0 aliphatic heterocycles. The van der Waals surface area contributed by atoms with Gasteiger partial charge in [0.05, 0.1) is 5.56 Å². The fourth-order valence-electron chi connectivity index (χ4n) is 2.62. The zero-order valence-electron chi connectivity index (χ0n) is 13.2. The first kappa shape index (κ1) is 16.3. The van der Waals surface area contributed by atoms with Gasteiger partial charge in [0.15, 0.2) is 6.10 Å². The molecule has 1 fully saturated rings. The maximum Gasteiger partial charge on any atom is 0.338 e. The molecule has 0 unspecified atom stereocenters. The molecule has 1 atom stereocenters. The van der Waals surface area contributed by atoms with Crippen LogP contribution in [0.2, 0.25) is 0 Å². The van der Waals surface area contributed by atoms with E-state index in [4.69, 9.17) is 10.5 Å². The summed E-state index contributed by atoms with van der Waals surface area (Å²) in [6, 6.07) is 5.19. The molecule has 3 N–H and O–H groups in total. The largest absolute Gasteiger partial charge is 0.449 e. The molecule has 22 heavy (non-hydrogen) atoms. The molecule has 5 heteroatoms. The molecule has 120 valence electrons. The van der Waals surface area contributed by atoms with Gasteiger partial charge >= 0.3 is 5.97 Å². The maximum absolute atomic E-state index is 12.1. The van der Waals surface area contributed by atoms with Gasteiger partial charge in [0, 0.05) is 11.7 Å². The predicted molar refractivity (Wildman–Crippen MR) is 85.5 cm³/mol. The van der Waals surface area contributed by atoms with E-state index in [2.05, 4.69) is 5.32 Å².